The van der Waals surface area contributed by atoms with Crippen molar-refractivity contribution in [2.75, 3.05) is 23.3 Å². The van der Waals surface area contributed by atoms with E-state index in [0.29, 0.717) is 30.4 Å². The molecule has 0 spiro atoms. The predicted octanol–water partition coefficient (Wildman–Crippen LogP) is 5.66. The Morgan fingerprint density at radius 2 is 1.88 bits per heavy atom. The predicted molar refractivity (Wildman–Crippen MR) is 156 cm³/mol. The summed E-state index contributed by atoms with van der Waals surface area (Å²) in [6.45, 7) is 14.2. The largest absolute Gasteiger partial charge is 0.444 e. The fourth-order valence-electron chi connectivity index (χ4n) is 4.64. The number of anilines is 2. The van der Waals surface area contributed by atoms with Crippen LogP contribution in [0.5, 0.6) is 0 Å². The molecule has 1 N–H and O–H groups in total. The SMILES string of the molecule is Cc1cccc(CN(C(=O)OC(C)(C)C)c2cc(N[C@H]3CCCN(C(=O)OC(C)(C)C)C3)nc3c(C#N)cnn23)c1. The lowest BCUT2D eigenvalue weighted by Gasteiger charge is -2.34. The quantitative estimate of drug-likeness (QED) is 0.423. The molecule has 4 rings (SSSR count). The molecule has 3 heterocycles. The maximum Gasteiger partial charge on any atom is 0.416 e. The van der Waals surface area contributed by atoms with Crippen LogP contribution in [-0.4, -0.2) is 62.0 Å². The number of nitrogens with one attached hydrogen (secondary N) is 1. The van der Waals surface area contributed by atoms with Gasteiger partial charge in [0.05, 0.1) is 12.7 Å². The Labute approximate surface area is 241 Å². The number of fused-ring (bicyclic) bond motifs is 1. The van der Waals surface area contributed by atoms with E-state index in [1.807, 2.05) is 72.7 Å². The number of benzene rings is 1. The molecule has 1 atom stereocenters. The third kappa shape index (κ3) is 7.66. The summed E-state index contributed by atoms with van der Waals surface area (Å²) in [7, 11) is 0. The molecule has 218 valence electrons. The highest BCUT2D eigenvalue weighted by Gasteiger charge is 2.30. The number of likely N-dealkylation sites (tertiary alicyclic amines) is 1. The summed E-state index contributed by atoms with van der Waals surface area (Å²) in [6.07, 6.45) is 2.12. The number of rotatable bonds is 5. The van der Waals surface area contributed by atoms with Gasteiger partial charge < -0.3 is 19.7 Å². The number of hydrogen-bond donors (Lipinski definition) is 1. The minimum Gasteiger partial charge on any atom is -0.444 e. The number of nitrogens with zero attached hydrogens (tertiary/aromatic N) is 6. The molecule has 0 radical (unpaired) electrons. The topological polar surface area (TPSA) is 125 Å². The molecule has 1 aromatic carbocycles. The van der Waals surface area contributed by atoms with Crippen molar-refractivity contribution in [1.29, 1.82) is 5.26 Å². The van der Waals surface area contributed by atoms with Gasteiger partial charge in [-0.3, -0.25) is 4.90 Å². The molecule has 11 nitrogen and oxygen atoms in total. The van der Waals surface area contributed by atoms with Crippen LogP contribution < -0.4 is 10.2 Å². The molecule has 0 bridgehead atoms. The van der Waals surface area contributed by atoms with Crippen LogP contribution in [0.15, 0.2) is 36.5 Å². The van der Waals surface area contributed by atoms with Gasteiger partial charge >= 0.3 is 12.2 Å². The maximum atomic E-state index is 13.6. The van der Waals surface area contributed by atoms with Gasteiger partial charge in [0.15, 0.2) is 5.65 Å². The Kier molecular flexibility index (Phi) is 8.42. The van der Waals surface area contributed by atoms with E-state index in [9.17, 15) is 14.9 Å². The molecule has 0 aliphatic carbocycles. The summed E-state index contributed by atoms with van der Waals surface area (Å²) in [5.41, 5.74) is 1.23. The van der Waals surface area contributed by atoms with Gasteiger partial charge in [-0.05, 0) is 66.9 Å². The third-order valence-corrected chi connectivity index (χ3v) is 6.31. The van der Waals surface area contributed by atoms with Gasteiger partial charge in [0, 0.05) is 25.2 Å². The first-order valence-corrected chi connectivity index (χ1v) is 13.8. The number of piperidine rings is 1. The van der Waals surface area contributed by atoms with Gasteiger partial charge in [0.1, 0.15) is 34.5 Å². The molecule has 1 aliphatic rings. The molecule has 0 unspecified atom stereocenters. The van der Waals surface area contributed by atoms with Crippen LogP contribution in [0.1, 0.15) is 71.1 Å². The van der Waals surface area contributed by atoms with Gasteiger partial charge in [-0.15, -0.1) is 0 Å². The van der Waals surface area contributed by atoms with Gasteiger partial charge in [0.2, 0.25) is 0 Å². The van der Waals surface area contributed by atoms with Crippen LogP contribution in [0.3, 0.4) is 0 Å². The minimum atomic E-state index is -0.732. The normalized spacial score (nSPS) is 15.8. The summed E-state index contributed by atoms with van der Waals surface area (Å²) in [6, 6.07) is 11.6. The van der Waals surface area contributed by atoms with E-state index in [4.69, 9.17) is 9.47 Å². The van der Waals surface area contributed by atoms with E-state index in [1.165, 1.54) is 15.6 Å². The molecule has 1 saturated heterocycles. The van der Waals surface area contributed by atoms with Crippen LogP contribution in [0.2, 0.25) is 0 Å². The number of carbonyl (C=O) groups is 2. The van der Waals surface area contributed by atoms with Crippen molar-refractivity contribution in [3.8, 4) is 6.07 Å². The molecule has 11 heteroatoms. The van der Waals surface area contributed by atoms with Crippen molar-refractivity contribution in [2.45, 2.75) is 85.1 Å². The highest BCUT2D eigenvalue weighted by Crippen LogP contribution is 2.27. The molecule has 3 aromatic rings. The summed E-state index contributed by atoms with van der Waals surface area (Å²) in [5, 5.41) is 17.6. The first-order valence-electron chi connectivity index (χ1n) is 13.8. The van der Waals surface area contributed by atoms with E-state index in [0.717, 1.165) is 24.0 Å². The lowest BCUT2D eigenvalue weighted by atomic mass is 10.1. The highest BCUT2D eigenvalue weighted by atomic mass is 16.6. The number of carbonyl (C=O) groups excluding carboxylic acids is 2. The van der Waals surface area contributed by atoms with Crippen molar-refractivity contribution < 1.29 is 19.1 Å². The highest BCUT2D eigenvalue weighted by molar-refractivity contribution is 5.88. The number of aromatic nitrogens is 3. The van der Waals surface area contributed by atoms with Crippen molar-refractivity contribution in [3.63, 3.8) is 0 Å². The third-order valence-electron chi connectivity index (χ3n) is 6.31. The number of nitriles is 1. The Balaban J connectivity index is 1.71. The molecule has 1 fully saturated rings. The van der Waals surface area contributed by atoms with E-state index in [2.05, 4.69) is 21.5 Å². The number of aryl methyl sites for hydroxylation is 1. The smallest absolute Gasteiger partial charge is 0.416 e. The standard InChI is InChI=1S/C30H39N7O4/c1-20-10-8-11-21(14-20)18-36(28(39)41-30(5,6)7)25-15-24(34-26-22(16-31)17-32-37(25)26)33-23-12-9-13-35(19-23)27(38)40-29(2,3)4/h8,10-11,14-15,17,23H,9,12-13,18-19H2,1-7H3,(H,33,34)/t23-/m0/s1. The zero-order chi connectivity index (χ0) is 29.9. The Hall–Kier alpha value is -4.33. The van der Waals surface area contributed by atoms with Crippen LogP contribution in [-0.2, 0) is 16.0 Å². The molecule has 2 amide bonds. The molecule has 1 aliphatic heterocycles. The van der Waals surface area contributed by atoms with Gasteiger partial charge in [-0.1, -0.05) is 29.8 Å². The fourth-order valence-corrected chi connectivity index (χ4v) is 4.64. The Morgan fingerprint density at radius 3 is 2.54 bits per heavy atom. The van der Waals surface area contributed by atoms with Gasteiger partial charge in [-0.2, -0.15) is 14.9 Å². The summed E-state index contributed by atoms with van der Waals surface area (Å²) >= 11 is 0. The summed E-state index contributed by atoms with van der Waals surface area (Å²) in [4.78, 5) is 34.2. The van der Waals surface area contributed by atoms with Crippen LogP contribution in [0.25, 0.3) is 5.65 Å². The molecular formula is C30H39N7O4. The first kappa shape index (κ1) is 29.6. The average Bonchev–Trinajstić information content (AvgIpc) is 3.28. The average molecular weight is 562 g/mol. The van der Waals surface area contributed by atoms with Crippen molar-refractivity contribution >= 4 is 29.5 Å². The van der Waals surface area contributed by atoms with Crippen molar-refractivity contribution in [1.82, 2.24) is 19.5 Å². The lowest BCUT2D eigenvalue weighted by molar-refractivity contribution is 0.0206. The first-order chi connectivity index (χ1) is 19.2. The van der Waals surface area contributed by atoms with Gasteiger partial charge in [-0.25, -0.2) is 14.6 Å². The van der Waals surface area contributed by atoms with Crippen LogP contribution in [0.4, 0.5) is 21.2 Å². The number of ether oxygens (including phenoxy) is 2. The molecule has 41 heavy (non-hydrogen) atoms. The molecule has 2 aromatic heterocycles. The second-order valence-electron chi connectivity index (χ2n) is 12.4. The summed E-state index contributed by atoms with van der Waals surface area (Å²) < 4.78 is 12.8. The maximum absolute atomic E-state index is 13.6. The van der Waals surface area contributed by atoms with E-state index < -0.39 is 17.3 Å². The van der Waals surface area contributed by atoms with E-state index in [1.54, 1.807) is 11.0 Å². The second kappa shape index (κ2) is 11.6. The zero-order valence-electron chi connectivity index (χ0n) is 24.9. The second-order valence-corrected chi connectivity index (χ2v) is 12.4. The molecule has 0 saturated carbocycles. The van der Waals surface area contributed by atoms with Crippen molar-refractivity contribution in [2.24, 2.45) is 0 Å². The number of amides is 2. The lowest BCUT2D eigenvalue weighted by Crippen LogP contribution is -2.47. The van der Waals surface area contributed by atoms with E-state index in [-0.39, 0.29) is 24.2 Å². The van der Waals surface area contributed by atoms with Gasteiger partial charge in [0.25, 0.3) is 0 Å². The minimum absolute atomic E-state index is 0.112. The van der Waals surface area contributed by atoms with Crippen LogP contribution in [0, 0.1) is 18.3 Å². The Morgan fingerprint density at radius 1 is 1.15 bits per heavy atom. The monoisotopic (exact) mass is 561 g/mol. The van der Waals surface area contributed by atoms with Crippen molar-refractivity contribution in [3.05, 3.63) is 53.2 Å². The molecular weight excluding hydrogens is 522 g/mol. The van der Waals surface area contributed by atoms with Crippen LogP contribution >= 0.6 is 0 Å². The fraction of sp³-hybridized carbons (Fsp3) is 0.500. The summed E-state index contributed by atoms with van der Waals surface area (Å²) in [5.74, 6) is 0.855. The Bertz CT molecular complexity index is 1460. The van der Waals surface area contributed by atoms with E-state index >= 15 is 0 Å². The number of hydrogen-bond acceptors (Lipinski definition) is 8. The zero-order valence-corrected chi connectivity index (χ0v) is 24.9.